The maximum Gasteiger partial charge on any atom is 0.185 e. The van der Waals surface area contributed by atoms with Gasteiger partial charge in [-0.1, -0.05) is 30.3 Å². The van der Waals surface area contributed by atoms with Gasteiger partial charge < -0.3 is 5.32 Å². The molecule has 0 radical (unpaired) electrons. The number of hydrogen-bond donors (Lipinski definition) is 3. The van der Waals surface area contributed by atoms with E-state index in [0.717, 1.165) is 16.0 Å². The van der Waals surface area contributed by atoms with Crippen LogP contribution in [0, 0.1) is 0 Å². The van der Waals surface area contributed by atoms with Gasteiger partial charge in [-0.2, -0.15) is 0 Å². The Morgan fingerprint density at radius 3 is 2.78 bits per heavy atom. The van der Waals surface area contributed by atoms with Crippen LogP contribution in [0.3, 0.4) is 0 Å². The highest BCUT2D eigenvalue weighted by Gasteiger charge is 2.21. The van der Waals surface area contributed by atoms with Crippen LogP contribution in [0.4, 0.5) is 5.82 Å². The zero-order valence-corrected chi connectivity index (χ0v) is 13.9. The maximum atomic E-state index is 5.25. The first-order valence-electron chi connectivity index (χ1n) is 7.42. The van der Waals surface area contributed by atoms with Gasteiger partial charge in [-0.15, -0.1) is 11.3 Å². The second-order valence-electron chi connectivity index (χ2n) is 5.41. The second-order valence-corrected chi connectivity index (χ2v) is 6.87. The van der Waals surface area contributed by atoms with E-state index < -0.39 is 0 Å². The summed E-state index contributed by atoms with van der Waals surface area (Å²) in [6.07, 6.45) is 3.93. The Labute approximate surface area is 143 Å². The lowest BCUT2D eigenvalue weighted by molar-refractivity contribution is 0.878. The Morgan fingerprint density at radius 1 is 1.17 bits per heavy atom. The molecule has 0 amide bonds. The second kappa shape index (κ2) is 6.10. The van der Waals surface area contributed by atoms with Gasteiger partial charge >= 0.3 is 0 Å². The predicted molar refractivity (Wildman–Crippen MR) is 98.4 cm³/mol. The van der Waals surface area contributed by atoms with Crippen molar-refractivity contribution < 1.29 is 0 Å². The van der Waals surface area contributed by atoms with Crippen LogP contribution in [0.5, 0.6) is 0 Å². The zero-order chi connectivity index (χ0) is 15.6. The van der Waals surface area contributed by atoms with Gasteiger partial charge in [-0.3, -0.25) is 10.9 Å². The molecule has 2 heterocycles. The lowest BCUT2D eigenvalue weighted by Gasteiger charge is -2.11. The van der Waals surface area contributed by atoms with E-state index in [9.17, 15) is 0 Å². The Morgan fingerprint density at radius 2 is 2.00 bits per heavy atom. The summed E-state index contributed by atoms with van der Waals surface area (Å²) in [7, 11) is 0. The number of thiophene rings is 1. The van der Waals surface area contributed by atoms with Gasteiger partial charge in [0.2, 0.25) is 0 Å². The van der Waals surface area contributed by atoms with E-state index >= 15 is 0 Å². The minimum Gasteiger partial charge on any atom is -0.359 e. The summed E-state index contributed by atoms with van der Waals surface area (Å²) in [4.78, 5) is 9.84. The number of anilines is 1. The SMILES string of the molecule is S=C(NNc1ncnc2cc(-c3ccccc3)sc12)NC1CC1. The van der Waals surface area contributed by atoms with Crippen molar-refractivity contribution in [3.63, 3.8) is 0 Å². The van der Waals surface area contributed by atoms with E-state index in [0.29, 0.717) is 11.2 Å². The Balaban J connectivity index is 1.57. The molecule has 5 nitrogen and oxygen atoms in total. The van der Waals surface area contributed by atoms with E-state index in [1.807, 2.05) is 18.2 Å². The highest BCUT2D eigenvalue weighted by atomic mass is 32.1. The fourth-order valence-electron chi connectivity index (χ4n) is 2.25. The van der Waals surface area contributed by atoms with Crippen molar-refractivity contribution in [2.75, 3.05) is 5.43 Å². The summed E-state index contributed by atoms with van der Waals surface area (Å²) in [6, 6.07) is 12.9. The third kappa shape index (κ3) is 3.25. The number of rotatable bonds is 4. The van der Waals surface area contributed by atoms with Crippen LogP contribution in [0.25, 0.3) is 20.7 Å². The van der Waals surface area contributed by atoms with Gasteiger partial charge in [0, 0.05) is 10.9 Å². The molecule has 0 saturated heterocycles. The summed E-state index contributed by atoms with van der Waals surface area (Å²) < 4.78 is 1.01. The molecule has 1 aromatic carbocycles. The van der Waals surface area contributed by atoms with Crippen LogP contribution >= 0.6 is 23.6 Å². The molecule has 1 fully saturated rings. The summed E-state index contributed by atoms with van der Waals surface area (Å²) in [5.74, 6) is 0.738. The number of nitrogens with one attached hydrogen (secondary N) is 3. The third-order valence-corrected chi connectivity index (χ3v) is 4.98. The molecule has 1 aliphatic rings. The lowest BCUT2D eigenvalue weighted by Crippen LogP contribution is -2.40. The molecular weight excluding hydrogens is 326 g/mol. The zero-order valence-electron chi connectivity index (χ0n) is 12.2. The Kier molecular flexibility index (Phi) is 3.80. The number of thiocarbonyl (C=S) groups is 1. The molecule has 0 atom stereocenters. The van der Waals surface area contributed by atoms with Crippen molar-refractivity contribution in [1.82, 2.24) is 20.7 Å². The van der Waals surface area contributed by atoms with Crippen molar-refractivity contribution in [2.45, 2.75) is 18.9 Å². The molecule has 2 aromatic heterocycles. The molecule has 0 unspecified atom stereocenters. The van der Waals surface area contributed by atoms with Gasteiger partial charge in [0.1, 0.15) is 6.33 Å². The summed E-state index contributed by atoms with van der Waals surface area (Å²) in [5.41, 5.74) is 8.20. The molecular formula is C16H15N5S2. The number of hydrazine groups is 1. The van der Waals surface area contributed by atoms with E-state index in [-0.39, 0.29) is 0 Å². The van der Waals surface area contributed by atoms with Crippen molar-refractivity contribution in [3.8, 4) is 10.4 Å². The number of hydrogen-bond acceptors (Lipinski definition) is 5. The summed E-state index contributed by atoms with van der Waals surface area (Å²) >= 11 is 6.91. The van der Waals surface area contributed by atoms with E-state index in [2.05, 4.69) is 44.3 Å². The van der Waals surface area contributed by atoms with Crippen molar-refractivity contribution >= 4 is 44.7 Å². The molecule has 116 valence electrons. The van der Waals surface area contributed by atoms with E-state index in [1.54, 1.807) is 17.7 Å². The fourth-order valence-corrected chi connectivity index (χ4v) is 3.53. The monoisotopic (exact) mass is 341 g/mol. The molecule has 0 spiro atoms. The van der Waals surface area contributed by atoms with Crippen molar-refractivity contribution in [1.29, 1.82) is 0 Å². The first-order valence-corrected chi connectivity index (χ1v) is 8.64. The molecule has 4 rings (SSSR count). The predicted octanol–water partition coefficient (Wildman–Crippen LogP) is 3.31. The van der Waals surface area contributed by atoms with Gasteiger partial charge in [-0.25, -0.2) is 9.97 Å². The topological polar surface area (TPSA) is 61.9 Å². The van der Waals surface area contributed by atoms with Crippen LogP contribution in [0.15, 0.2) is 42.7 Å². The molecule has 3 N–H and O–H groups in total. The Bertz CT molecular complexity index is 842. The normalized spacial score (nSPS) is 13.7. The number of nitrogens with zero attached hydrogens (tertiary/aromatic N) is 2. The highest BCUT2D eigenvalue weighted by Crippen LogP contribution is 2.35. The highest BCUT2D eigenvalue weighted by molar-refractivity contribution is 7.80. The average Bonchev–Trinajstić information content (AvgIpc) is 3.28. The molecule has 3 aromatic rings. The number of aromatic nitrogens is 2. The maximum absolute atomic E-state index is 5.25. The van der Waals surface area contributed by atoms with E-state index in [1.165, 1.54) is 23.3 Å². The summed E-state index contributed by atoms with van der Waals surface area (Å²) in [5, 5.41) is 3.82. The van der Waals surface area contributed by atoms with Crippen LogP contribution in [0.2, 0.25) is 0 Å². The molecule has 1 aliphatic carbocycles. The molecule has 7 heteroatoms. The minimum atomic E-state index is 0.522. The number of fused-ring (bicyclic) bond motifs is 1. The minimum absolute atomic E-state index is 0.522. The van der Waals surface area contributed by atoms with Crippen LogP contribution in [-0.2, 0) is 0 Å². The van der Waals surface area contributed by atoms with Gasteiger partial charge in [0.15, 0.2) is 10.9 Å². The van der Waals surface area contributed by atoms with Crippen molar-refractivity contribution in [3.05, 3.63) is 42.7 Å². The molecule has 0 aliphatic heterocycles. The smallest absolute Gasteiger partial charge is 0.185 e. The lowest BCUT2D eigenvalue weighted by atomic mass is 10.2. The van der Waals surface area contributed by atoms with Gasteiger partial charge in [-0.05, 0) is 36.7 Å². The Hall–Kier alpha value is -2.25. The first-order chi connectivity index (χ1) is 11.3. The van der Waals surface area contributed by atoms with Crippen LogP contribution < -0.4 is 16.2 Å². The van der Waals surface area contributed by atoms with Crippen LogP contribution in [0.1, 0.15) is 12.8 Å². The first kappa shape index (κ1) is 14.3. The standard InChI is InChI=1S/C16H15N5S2/c22-16(19-11-6-7-11)21-20-15-14-12(17-9-18-15)8-13(23-14)10-4-2-1-3-5-10/h1-5,8-9,11H,6-7H2,(H,17,18,20)(H2,19,21,22). The molecule has 1 saturated carbocycles. The van der Waals surface area contributed by atoms with Crippen molar-refractivity contribution in [2.24, 2.45) is 0 Å². The average molecular weight is 341 g/mol. The molecule has 0 bridgehead atoms. The third-order valence-electron chi connectivity index (χ3n) is 3.58. The summed E-state index contributed by atoms with van der Waals surface area (Å²) in [6.45, 7) is 0. The fraction of sp³-hybridized carbons (Fsp3) is 0.188. The van der Waals surface area contributed by atoms with Crippen LogP contribution in [-0.4, -0.2) is 21.1 Å². The largest absolute Gasteiger partial charge is 0.359 e. The molecule has 23 heavy (non-hydrogen) atoms. The quantitative estimate of drug-likeness (QED) is 0.500. The number of benzene rings is 1. The van der Waals surface area contributed by atoms with Gasteiger partial charge in [0.25, 0.3) is 0 Å². The van der Waals surface area contributed by atoms with Gasteiger partial charge in [0.05, 0.1) is 10.2 Å². The van der Waals surface area contributed by atoms with E-state index in [4.69, 9.17) is 12.2 Å².